The molecule has 0 saturated carbocycles. The molecule has 0 aliphatic rings. The number of rotatable bonds is 5. The van der Waals surface area contributed by atoms with Crippen molar-refractivity contribution in [2.75, 3.05) is 6.61 Å². The van der Waals surface area contributed by atoms with Crippen LogP contribution in [0.2, 0.25) is 0 Å². The number of hydrogen-bond acceptors (Lipinski definition) is 2. The molecule has 0 spiro atoms. The fourth-order valence-electron chi connectivity index (χ4n) is 0.834. The molecule has 0 radical (unpaired) electrons. The summed E-state index contributed by atoms with van der Waals surface area (Å²) < 4.78 is 4.85. The van der Waals surface area contributed by atoms with Gasteiger partial charge in [0.2, 0.25) is 0 Å². The van der Waals surface area contributed by atoms with E-state index in [0.717, 1.165) is 12.8 Å². The van der Waals surface area contributed by atoms with Crippen LogP contribution in [0, 0.1) is 5.92 Å². The molecule has 0 amide bonds. The summed E-state index contributed by atoms with van der Waals surface area (Å²) in [5.74, 6) is -0.0910. The molecule has 11 heavy (non-hydrogen) atoms. The molecular weight excluding hydrogens is 140 g/mol. The Bertz CT molecular complexity index is 130. The highest BCUT2D eigenvalue weighted by molar-refractivity contribution is 5.71. The second-order valence-electron chi connectivity index (χ2n) is 2.61. The van der Waals surface area contributed by atoms with E-state index in [4.69, 9.17) is 4.74 Å². The van der Waals surface area contributed by atoms with Gasteiger partial charge in [-0.15, -0.1) is 0 Å². The van der Waals surface area contributed by atoms with Gasteiger partial charge in [-0.05, 0) is 6.42 Å². The Morgan fingerprint density at radius 2 is 2.36 bits per heavy atom. The third-order valence-electron chi connectivity index (χ3n) is 1.47. The lowest BCUT2D eigenvalue weighted by molar-refractivity contribution is -0.146. The smallest absolute Gasteiger partial charge is 0.308 e. The molecule has 0 rings (SSSR count). The molecule has 0 bridgehead atoms. The molecule has 2 nitrogen and oxygen atoms in total. The Morgan fingerprint density at radius 1 is 1.73 bits per heavy atom. The van der Waals surface area contributed by atoms with Crippen LogP contribution in [-0.4, -0.2) is 12.6 Å². The molecule has 0 aromatic heterocycles. The quantitative estimate of drug-likeness (QED) is 0.450. The van der Waals surface area contributed by atoms with Gasteiger partial charge in [-0.1, -0.05) is 32.9 Å². The maximum Gasteiger partial charge on any atom is 0.308 e. The summed E-state index contributed by atoms with van der Waals surface area (Å²) in [5, 5.41) is 0. The standard InChI is InChI=1S/C9H16O2/c1-4-6-8(3)9(10)11-7-5-2/h5,8H,2,4,6-7H2,1,3H3. The van der Waals surface area contributed by atoms with Crippen molar-refractivity contribution in [3.05, 3.63) is 12.7 Å². The Balaban J connectivity index is 3.54. The molecule has 0 aliphatic carbocycles. The normalized spacial score (nSPS) is 12.2. The predicted molar refractivity (Wildman–Crippen MR) is 45.2 cm³/mol. The number of hydrogen-bond donors (Lipinski definition) is 0. The van der Waals surface area contributed by atoms with E-state index >= 15 is 0 Å². The van der Waals surface area contributed by atoms with Crippen LogP contribution in [0.1, 0.15) is 26.7 Å². The minimum Gasteiger partial charge on any atom is -0.461 e. The van der Waals surface area contributed by atoms with E-state index in [1.54, 1.807) is 6.08 Å². The Hall–Kier alpha value is -0.790. The second-order valence-corrected chi connectivity index (χ2v) is 2.61. The van der Waals surface area contributed by atoms with Gasteiger partial charge in [0.25, 0.3) is 0 Å². The zero-order chi connectivity index (χ0) is 8.69. The van der Waals surface area contributed by atoms with Gasteiger partial charge in [-0.3, -0.25) is 4.79 Å². The van der Waals surface area contributed by atoms with Gasteiger partial charge in [0, 0.05) is 0 Å². The Morgan fingerprint density at radius 3 is 2.82 bits per heavy atom. The summed E-state index contributed by atoms with van der Waals surface area (Å²) in [5.41, 5.74) is 0. The lowest BCUT2D eigenvalue weighted by Crippen LogP contribution is -2.14. The molecular formula is C9H16O2. The summed E-state index contributed by atoms with van der Waals surface area (Å²) in [7, 11) is 0. The van der Waals surface area contributed by atoms with E-state index in [2.05, 4.69) is 13.5 Å². The van der Waals surface area contributed by atoms with Crippen molar-refractivity contribution in [2.45, 2.75) is 26.7 Å². The molecule has 0 aromatic rings. The van der Waals surface area contributed by atoms with Crippen molar-refractivity contribution < 1.29 is 9.53 Å². The average molecular weight is 156 g/mol. The van der Waals surface area contributed by atoms with E-state index in [9.17, 15) is 4.79 Å². The maximum atomic E-state index is 11.0. The van der Waals surface area contributed by atoms with Crippen LogP contribution in [-0.2, 0) is 9.53 Å². The zero-order valence-electron chi connectivity index (χ0n) is 7.30. The third-order valence-corrected chi connectivity index (χ3v) is 1.47. The zero-order valence-corrected chi connectivity index (χ0v) is 7.30. The van der Waals surface area contributed by atoms with Crippen molar-refractivity contribution in [2.24, 2.45) is 5.92 Å². The molecule has 2 heteroatoms. The lowest BCUT2D eigenvalue weighted by Gasteiger charge is -2.07. The number of carbonyl (C=O) groups excluding carboxylic acids is 1. The topological polar surface area (TPSA) is 26.3 Å². The first-order chi connectivity index (χ1) is 5.22. The molecule has 0 aliphatic heterocycles. The van der Waals surface area contributed by atoms with Crippen molar-refractivity contribution in [1.82, 2.24) is 0 Å². The maximum absolute atomic E-state index is 11.0. The van der Waals surface area contributed by atoms with Crippen LogP contribution in [0.25, 0.3) is 0 Å². The summed E-state index contributed by atoms with van der Waals surface area (Å²) >= 11 is 0. The minimum atomic E-state index is -0.119. The molecule has 0 heterocycles. The summed E-state index contributed by atoms with van der Waals surface area (Å²) in [4.78, 5) is 11.0. The van der Waals surface area contributed by atoms with E-state index < -0.39 is 0 Å². The molecule has 1 atom stereocenters. The van der Waals surface area contributed by atoms with Gasteiger partial charge in [0.05, 0.1) is 5.92 Å². The van der Waals surface area contributed by atoms with E-state index in [0.29, 0.717) is 6.61 Å². The second kappa shape index (κ2) is 5.96. The van der Waals surface area contributed by atoms with E-state index in [-0.39, 0.29) is 11.9 Å². The molecule has 0 fully saturated rings. The van der Waals surface area contributed by atoms with Crippen molar-refractivity contribution in [1.29, 1.82) is 0 Å². The summed E-state index contributed by atoms with van der Waals surface area (Å²) in [6, 6.07) is 0. The van der Waals surface area contributed by atoms with Crippen LogP contribution in [0.4, 0.5) is 0 Å². The first kappa shape index (κ1) is 10.2. The number of carbonyl (C=O) groups is 1. The molecule has 0 N–H and O–H groups in total. The number of ether oxygens (including phenoxy) is 1. The van der Waals surface area contributed by atoms with Crippen LogP contribution in [0.5, 0.6) is 0 Å². The van der Waals surface area contributed by atoms with Crippen LogP contribution >= 0.6 is 0 Å². The highest BCUT2D eigenvalue weighted by atomic mass is 16.5. The molecule has 0 aromatic carbocycles. The van der Waals surface area contributed by atoms with Gasteiger partial charge in [0.1, 0.15) is 6.61 Å². The fourth-order valence-corrected chi connectivity index (χ4v) is 0.834. The summed E-state index contributed by atoms with van der Waals surface area (Å²) in [6.07, 6.45) is 3.50. The highest BCUT2D eigenvalue weighted by Gasteiger charge is 2.11. The molecule has 1 unspecified atom stereocenters. The monoisotopic (exact) mass is 156 g/mol. The molecule has 0 saturated heterocycles. The van der Waals surface area contributed by atoms with E-state index in [1.807, 2.05) is 6.92 Å². The first-order valence-electron chi connectivity index (χ1n) is 3.99. The van der Waals surface area contributed by atoms with Gasteiger partial charge in [0.15, 0.2) is 0 Å². The SMILES string of the molecule is C=CCOC(=O)C(C)CCC. The van der Waals surface area contributed by atoms with Crippen molar-refractivity contribution in [3.63, 3.8) is 0 Å². The predicted octanol–water partition coefficient (Wildman–Crippen LogP) is 2.15. The van der Waals surface area contributed by atoms with Gasteiger partial charge >= 0.3 is 5.97 Å². The van der Waals surface area contributed by atoms with Gasteiger partial charge < -0.3 is 4.74 Å². The third kappa shape index (κ3) is 4.59. The largest absolute Gasteiger partial charge is 0.461 e. The van der Waals surface area contributed by atoms with Crippen LogP contribution in [0.3, 0.4) is 0 Å². The van der Waals surface area contributed by atoms with Gasteiger partial charge in [-0.25, -0.2) is 0 Å². The van der Waals surface area contributed by atoms with Crippen LogP contribution in [0.15, 0.2) is 12.7 Å². The first-order valence-corrected chi connectivity index (χ1v) is 3.99. The summed E-state index contributed by atoms with van der Waals surface area (Å²) in [6.45, 7) is 7.72. The Kier molecular flexibility index (Phi) is 5.53. The number of esters is 1. The van der Waals surface area contributed by atoms with E-state index in [1.165, 1.54) is 0 Å². The van der Waals surface area contributed by atoms with Crippen LogP contribution < -0.4 is 0 Å². The highest BCUT2D eigenvalue weighted by Crippen LogP contribution is 2.06. The molecule has 64 valence electrons. The fraction of sp³-hybridized carbons (Fsp3) is 0.667. The lowest BCUT2D eigenvalue weighted by atomic mass is 10.1. The van der Waals surface area contributed by atoms with Crippen molar-refractivity contribution >= 4 is 5.97 Å². The average Bonchev–Trinajstić information content (AvgIpc) is 2.00. The Labute approximate surface area is 68.2 Å². The van der Waals surface area contributed by atoms with Gasteiger partial charge in [-0.2, -0.15) is 0 Å². The minimum absolute atomic E-state index is 0.0277. The van der Waals surface area contributed by atoms with Crippen molar-refractivity contribution in [3.8, 4) is 0 Å².